The van der Waals surface area contributed by atoms with Gasteiger partial charge in [-0.15, -0.1) is 0 Å². The number of hydrogen-bond acceptors (Lipinski definition) is 4. The van der Waals surface area contributed by atoms with E-state index in [0.717, 1.165) is 5.56 Å². The number of rotatable bonds is 3. The Bertz CT molecular complexity index is 689. The monoisotopic (exact) mass is 276 g/mol. The highest BCUT2D eigenvalue weighted by Gasteiger charge is 2.19. The Morgan fingerprint density at radius 3 is 2.45 bits per heavy atom. The van der Waals surface area contributed by atoms with Gasteiger partial charge in [-0.25, -0.2) is 4.79 Å². The molecule has 2 aromatic rings. The molecule has 0 saturated heterocycles. The first-order valence-corrected chi connectivity index (χ1v) is 6.01. The first-order valence-electron chi connectivity index (χ1n) is 6.01. The molecule has 2 N–H and O–H groups in total. The zero-order valence-corrected chi connectivity index (χ0v) is 11.8. The van der Waals surface area contributed by atoms with Crippen molar-refractivity contribution < 1.29 is 19.7 Å². The van der Waals surface area contributed by atoms with Crippen molar-refractivity contribution in [2.75, 3.05) is 7.11 Å². The van der Waals surface area contributed by atoms with Crippen LogP contribution in [0, 0.1) is 13.8 Å². The van der Waals surface area contributed by atoms with Crippen LogP contribution in [-0.4, -0.2) is 33.1 Å². The molecule has 0 spiro atoms. The molecule has 2 rings (SSSR count). The maximum absolute atomic E-state index is 11.0. The number of aromatic hydroxyl groups is 1. The first-order chi connectivity index (χ1) is 9.36. The van der Waals surface area contributed by atoms with Crippen LogP contribution in [0.4, 0.5) is 0 Å². The third-order valence-electron chi connectivity index (χ3n) is 3.41. The lowest BCUT2D eigenvalue weighted by Crippen LogP contribution is -2.00. The van der Waals surface area contributed by atoms with E-state index in [1.54, 1.807) is 27.1 Å². The quantitative estimate of drug-likeness (QED) is 0.897. The van der Waals surface area contributed by atoms with Gasteiger partial charge in [0.25, 0.3) is 0 Å². The summed E-state index contributed by atoms with van der Waals surface area (Å²) < 4.78 is 6.70. The van der Waals surface area contributed by atoms with Crippen molar-refractivity contribution in [3.8, 4) is 22.8 Å². The Labute approximate surface area is 116 Å². The molecule has 0 saturated carbocycles. The van der Waals surface area contributed by atoms with Crippen molar-refractivity contribution in [3.63, 3.8) is 0 Å². The predicted molar refractivity (Wildman–Crippen MR) is 73.3 cm³/mol. The normalized spacial score (nSPS) is 10.6. The van der Waals surface area contributed by atoms with Crippen LogP contribution < -0.4 is 4.74 Å². The van der Waals surface area contributed by atoms with Crippen molar-refractivity contribution >= 4 is 5.97 Å². The zero-order chi connectivity index (χ0) is 15.0. The van der Waals surface area contributed by atoms with Crippen LogP contribution in [0.15, 0.2) is 12.1 Å². The molecule has 0 atom stereocenters. The SMILES string of the molecule is COc1cc(-c2cc(C(=O)O)nn2C)c(O)c(C)c1C. The molecule has 0 fully saturated rings. The second-order valence-electron chi connectivity index (χ2n) is 4.57. The second-order valence-corrected chi connectivity index (χ2v) is 4.57. The number of aromatic nitrogens is 2. The molecular formula is C14H16N2O4. The summed E-state index contributed by atoms with van der Waals surface area (Å²) in [7, 11) is 3.18. The van der Waals surface area contributed by atoms with E-state index in [1.807, 2.05) is 6.92 Å². The van der Waals surface area contributed by atoms with Crippen LogP contribution in [0.1, 0.15) is 21.6 Å². The number of phenolic OH excluding ortho intramolecular Hbond substituents is 1. The van der Waals surface area contributed by atoms with Gasteiger partial charge in [-0.3, -0.25) is 4.68 Å². The van der Waals surface area contributed by atoms with Gasteiger partial charge in [0.15, 0.2) is 5.69 Å². The average Bonchev–Trinajstić information content (AvgIpc) is 2.79. The Morgan fingerprint density at radius 2 is 1.95 bits per heavy atom. The van der Waals surface area contributed by atoms with Crippen LogP contribution in [0.2, 0.25) is 0 Å². The minimum absolute atomic E-state index is 0.0703. The molecule has 0 aliphatic heterocycles. The number of carboxylic acids is 1. The Kier molecular flexibility index (Phi) is 3.40. The number of aromatic carboxylic acids is 1. The van der Waals surface area contributed by atoms with Gasteiger partial charge in [0.05, 0.1) is 12.8 Å². The Balaban J connectivity index is 2.69. The molecule has 0 bridgehead atoms. The molecule has 0 aliphatic carbocycles. The summed E-state index contributed by atoms with van der Waals surface area (Å²) in [5, 5.41) is 23.2. The third kappa shape index (κ3) is 2.09. The van der Waals surface area contributed by atoms with E-state index in [2.05, 4.69) is 5.10 Å². The summed E-state index contributed by atoms with van der Waals surface area (Å²) in [5.41, 5.74) is 2.47. The number of hydrogen-bond donors (Lipinski definition) is 2. The van der Waals surface area contributed by atoms with Crippen LogP contribution in [0.3, 0.4) is 0 Å². The summed E-state index contributed by atoms with van der Waals surface area (Å²) >= 11 is 0. The maximum atomic E-state index is 11.0. The van der Waals surface area contributed by atoms with E-state index in [4.69, 9.17) is 9.84 Å². The van der Waals surface area contributed by atoms with Gasteiger partial charge in [-0.1, -0.05) is 0 Å². The number of methoxy groups -OCH3 is 1. The van der Waals surface area contributed by atoms with Gasteiger partial charge in [-0.05, 0) is 37.1 Å². The van der Waals surface area contributed by atoms with E-state index in [0.29, 0.717) is 22.6 Å². The third-order valence-corrected chi connectivity index (χ3v) is 3.41. The van der Waals surface area contributed by atoms with Gasteiger partial charge in [0.1, 0.15) is 11.5 Å². The molecule has 106 valence electrons. The molecule has 0 radical (unpaired) electrons. The molecule has 1 aromatic carbocycles. The fraction of sp³-hybridized carbons (Fsp3) is 0.286. The highest BCUT2D eigenvalue weighted by atomic mass is 16.5. The summed E-state index contributed by atoms with van der Waals surface area (Å²) in [5.74, 6) is -0.376. The van der Waals surface area contributed by atoms with Gasteiger partial charge in [-0.2, -0.15) is 5.10 Å². The lowest BCUT2D eigenvalue weighted by atomic mass is 10.0. The smallest absolute Gasteiger partial charge is 0.356 e. The number of phenols is 1. The summed E-state index contributed by atoms with van der Waals surface area (Å²) in [6.07, 6.45) is 0. The first kappa shape index (κ1) is 13.9. The van der Waals surface area contributed by atoms with Crippen molar-refractivity contribution in [3.05, 3.63) is 29.0 Å². The predicted octanol–water partition coefficient (Wildman–Crippen LogP) is 2.12. The molecule has 1 aromatic heterocycles. The van der Waals surface area contributed by atoms with Gasteiger partial charge in [0, 0.05) is 12.6 Å². The van der Waals surface area contributed by atoms with E-state index in [-0.39, 0.29) is 11.4 Å². The van der Waals surface area contributed by atoms with Gasteiger partial charge >= 0.3 is 5.97 Å². The number of nitrogens with zero attached hydrogens (tertiary/aromatic N) is 2. The van der Waals surface area contributed by atoms with Crippen molar-refractivity contribution in [1.82, 2.24) is 9.78 Å². The van der Waals surface area contributed by atoms with Crippen LogP contribution >= 0.6 is 0 Å². The summed E-state index contributed by atoms with van der Waals surface area (Å²) in [4.78, 5) is 11.0. The van der Waals surface area contributed by atoms with Gasteiger partial charge < -0.3 is 14.9 Å². The number of benzene rings is 1. The molecular weight excluding hydrogens is 260 g/mol. The molecule has 0 amide bonds. The number of ether oxygens (including phenoxy) is 1. The highest BCUT2D eigenvalue weighted by molar-refractivity contribution is 5.87. The minimum atomic E-state index is -1.11. The van der Waals surface area contributed by atoms with Crippen LogP contribution in [-0.2, 0) is 7.05 Å². The van der Waals surface area contributed by atoms with Crippen molar-refractivity contribution in [1.29, 1.82) is 0 Å². The molecule has 0 aliphatic rings. The fourth-order valence-corrected chi connectivity index (χ4v) is 2.10. The largest absolute Gasteiger partial charge is 0.507 e. The lowest BCUT2D eigenvalue weighted by Gasteiger charge is -2.14. The molecule has 1 heterocycles. The highest BCUT2D eigenvalue weighted by Crippen LogP contribution is 2.38. The van der Waals surface area contributed by atoms with Gasteiger partial charge in [0.2, 0.25) is 0 Å². The lowest BCUT2D eigenvalue weighted by molar-refractivity contribution is 0.0689. The molecule has 6 heteroatoms. The van der Waals surface area contributed by atoms with E-state index in [9.17, 15) is 9.90 Å². The molecule has 0 unspecified atom stereocenters. The van der Waals surface area contributed by atoms with Crippen LogP contribution in [0.5, 0.6) is 11.5 Å². The van der Waals surface area contributed by atoms with E-state index in [1.165, 1.54) is 10.7 Å². The average molecular weight is 276 g/mol. The van der Waals surface area contributed by atoms with Crippen molar-refractivity contribution in [2.45, 2.75) is 13.8 Å². The maximum Gasteiger partial charge on any atom is 0.356 e. The second kappa shape index (κ2) is 4.88. The standard InChI is InChI=1S/C14H16N2O4/c1-7-8(2)13(17)9(5-12(7)20-4)11-6-10(14(18)19)15-16(11)3/h5-6,17H,1-4H3,(H,18,19). The number of carbonyl (C=O) groups is 1. The Morgan fingerprint density at radius 1 is 1.30 bits per heavy atom. The van der Waals surface area contributed by atoms with Crippen LogP contribution in [0.25, 0.3) is 11.3 Å². The minimum Gasteiger partial charge on any atom is -0.507 e. The Hall–Kier alpha value is -2.50. The van der Waals surface area contributed by atoms with Crippen molar-refractivity contribution in [2.24, 2.45) is 7.05 Å². The molecule has 6 nitrogen and oxygen atoms in total. The fourth-order valence-electron chi connectivity index (χ4n) is 2.10. The van der Waals surface area contributed by atoms with E-state index >= 15 is 0 Å². The number of aryl methyl sites for hydroxylation is 1. The molecule has 20 heavy (non-hydrogen) atoms. The summed E-state index contributed by atoms with van der Waals surface area (Å²) in [6.45, 7) is 3.63. The van der Waals surface area contributed by atoms with E-state index < -0.39 is 5.97 Å². The summed E-state index contributed by atoms with van der Waals surface area (Å²) in [6, 6.07) is 3.10. The zero-order valence-electron chi connectivity index (χ0n) is 11.8. The topological polar surface area (TPSA) is 84.6 Å². The number of carboxylic acid groups (broad SMARTS) is 1.